The molecular weight excluding hydrogens is 400 g/mol. The van der Waals surface area contributed by atoms with Gasteiger partial charge in [-0.15, -0.1) is 0 Å². The Bertz CT molecular complexity index is 1260. The van der Waals surface area contributed by atoms with Crippen LogP contribution in [0, 0.1) is 29.9 Å². The number of benzene rings is 2. The number of aromatic amines is 1. The molecule has 9 heteroatoms. The van der Waals surface area contributed by atoms with E-state index in [0.29, 0.717) is 16.4 Å². The van der Waals surface area contributed by atoms with Crippen LogP contribution in [0.2, 0.25) is 5.02 Å². The molecule has 29 heavy (non-hydrogen) atoms. The molecule has 144 valence electrons. The molecule has 0 radical (unpaired) electrons. The molecule has 2 N–H and O–H groups in total. The maximum absolute atomic E-state index is 14.8. The Morgan fingerprint density at radius 2 is 1.93 bits per heavy atom. The molecule has 0 amide bonds. The van der Waals surface area contributed by atoms with E-state index >= 15 is 0 Å². The zero-order valence-corrected chi connectivity index (χ0v) is 15.7. The van der Waals surface area contributed by atoms with Crippen molar-refractivity contribution >= 4 is 34.0 Å². The molecule has 0 aliphatic heterocycles. The van der Waals surface area contributed by atoms with Crippen LogP contribution >= 0.6 is 11.6 Å². The van der Waals surface area contributed by atoms with Crippen molar-refractivity contribution in [2.75, 3.05) is 5.32 Å². The van der Waals surface area contributed by atoms with Crippen molar-refractivity contribution < 1.29 is 13.5 Å². The fourth-order valence-corrected chi connectivity index (χ4v) is 2.95. The third-order valence-corrected chi connectivity index (χ3v) is 4.39. The van der Waals surface area contributed by atoms with Gasteiger partial charge < -0.3 is 15.0 Å². The van der Waals surface area contributed by atoms with E-state index in [1.165, 1.54) is 6.07 Å². The molecule has 6 nitrogen and oxygen atoms in total. The van der Waals surface area contributed by atoms with Gasteiger partial charge in [0.2, 0.25) is 5.88 Å². The van der Waals surface area contributed by atoms with Crippen molar-refractivity contribution in [1.29, 1.82) is 5.26 Å². The Balaban J connectivity index is 1.73. The number of H-pyrrole nitrogens is 1. The predicted octanol–water partition coefficient (Wildman–Crippen LogP) is 5.61. The lowest BCUT2D eigenvalue weighted by Gasteiger charge is -2.11. The molecule has 4 rings (SSSR count). The minimum atomic E-state index is -0.763. The molecule has 0 fully saturated rings. The molecule has 0 saturated heterocycles. The lowest BCUT2D eigenvalue weighted by Crippen LogP contribution is -2.02. The highest BCUT2D eigenvalue weighted by Crippen LogP contribution is 2.34. The van der Waals surface area contributed by atoms with Crippen molar-refractivity contribution in [3.63, 3.8) is 0 Å². The predicted molar refractivity (Wildman–Crippen MR) is 105 cm³/mol. The fraction of sp³-hybridized carbons (Fsp3) is 0.0500. The summed E-state index contributed by atoms with van der Waals surface area (Å²) in [5, 5.41) is 13.1. The number of anilines is 2. The molecule has 0 aliphatic carbocycles. The maximum atomic E-state index is 14.8. The van der Waals surface area contributed by atoms with Crippen LogP contribution in [0.25, 0.3) is 10.9 Å². The van der Waals surface area contributed by atoms with Crippen LogP contribution in [-0.2, 0) is 0 Å². The SMILES string of the molecule is Cc1cc2c(F)c(Oc3ncnc(Nc4ccc(Cl)cc4)c3C#N)cc(F)c2[nH]1. The molecule has 0 bridgehead atoms. The van der Waals surface area contributed by atoms with E-state index in [1.54, 1.807) is 31.2 Å². The van der Waals surface area contributed by atoms with Gasteiger partial charge in [-0.05, 0) is 37.3 Å². The molecular formula is C20H12ClF2N5O. The number of ether oxygens (including phenoxy) is 1. The summed E-state index contributed by atoms with van der Waals surface area (Å²) in [6.07, 6.45) is 1.15. The summed E-state index contributed by atoms with van der Waals surface area (Å²) in [7, 11) is 0. The topological polar surface area (TPSA) is 86.6 Å². The summed E-state index contributed by atoms with van der Waals surface area (Å²) in [6.45, 7) is 1.69. The Labute approximate surface area is 168 Å². The highest BCUT2D eigenvalue weighted by Gasteiger charge is 2.19. The standard InChI is InChI=1S/C20H12ClF2N5O/c1-10-6-13-17(23)16(7-15(22)18(13)27-10)29-20-14(8-24)19(25-9-26-20)28-12-4-2-11(21)3-5-12/h2-7,9,27H,1H3,(H,25,26,28). The monoisotopic (exact) mass is 411 g/mol. The van der Waals surface area contributed by atoms with Gasteiger partial charge in [-0.25, -0.2) is 18.7 Å². The Kier molecular flexibility index (Phi) is 4.74. The fourth-order valence-electron chi connectivity index (χ4n) is 2.82. The Morgan fingerprint density at radius 3 is 2.66 bits per heavy atom. The van der Waals surface area contributed by atoms with E-state index in [4.69, 9.17) is 16.3 Å². The zero-order chi connectivity index (χ0) is 20.5. The Morgan fingerprint density at radius 1 is 1.17 bits per heavy atom. The molecule has 4 aromatic rings. The van der Waals surface area contributed by atoms with Crippen molar-refractivity contribution in [3.05, 3.63) is 70.6 Å². The number of rotatable bonds is 4. The van der Waals surface area contributed by atoms with Gasteiger partial charge in [-0.1, -0.05) is 11.6 Å². The van der Waals surface area contributed by atoms with Crippen LogP contribution in [0.5, 0.6) is 11.6 Å². The lowest BCUT2D eigenvalue weighted by molar-refractivity contribution is 0.424. The highest BCUT2D eigenvalue weighted by molar-refractivity contribution is 6.30. The molecule has 0 atom stereocenters. The number of nitriles is 1. The van der Waals surface area contributed by atoms with Crippen molar-refractivity contribution in [3.8, 4) is 17.7 Å². The molecule has 2 aromatic heterocycles. The molecule has 2 heterocycles. The minimum absolute atomic E-state index is 0.0423. The normalized spacial score (nSPS) is 10.7. The second-order valence-electron chi connectivity index (χ2n) is 6.16. The van der Waals surface area contributed by atoms with E-state index in [0.717, 1.165) is 12.4 Å². The van der Waals surface area contributed by atoms with Crippen molar-refractivity contribution in [2.45, 2.75) is 6.92 Å². The van der Waals surface area contributed by atoms with Gasteiger partial charge in [0.1, 0.15) is 12.4 Å². The summed E-state index contributed by atoms with van der Waals surface area (Å²) in [6, 6.07) is 11.0. The number of aryl methyl sites for hydroxylation is 1. The van der Waals surface area contributed by atoms with Crippen molar-refractivity contribution in [2.24, 2.45) is 0 Å². The second-order valence-corrected chi connectivity index (χ2v) is 6.60. The highest BCUT2D eigenvalue weighted by atomic mass is 35.5. The van der Waals surface area contributed by atoms with Gasteiger partial charge in [0.15, 0.2) is 28.8 Å². The van der Waals surface area contributed by atoms with E-state index in [-0.39, 0.29) is 33.9 Å². The summed E-state index contributed by atoms with van der Waals surface area (Å²) < 4.78 is 34.6. The van der Waals surface area contributed by atoms with Gasteiger partial charge >= 0.3 is 0 Å². The van der Waals surface area contributed by atoms with E-state index in [1.807, 2.05) is 6.07 Å². The third kappa shape index (κ3) is 3.56. The number of hydrogen-bond donors (Lipinski definition) is 2. The summed E-state index contributed by atoms with van der Waals surface area (Å²) in [5.74, 6) is -1.89. The number of hydrogen-bond acceptors (Lipinski definition) is 5. The number of fused-ring (bicyclic) bond motifs is 1. The first-order valence-corrected chi connectivity index (χ1v) is 8.77. The van der Waals surface area contributed by atoms with Gasteiger partial charge in [-0.3, -0.25) is 0 Å². The Hall–Kier alpha value is -3.70. The first-order valence-electron chi connectivity index (χ1n) is 8.39. The number of aromatic nitrogens is 3. The van der Waals surface area contributed by atoms with E-state index < -0.39 is 11.6 Å². The third-order valence-electron chi connectivity index (χ3n) is 4.14. The van der Waals surface area contributed by atoms with Crippen molar-refractivity contribution in [1.82, 2.24) is 15.0 Å². The summed E-state index contributed by atoms with van der Waals surface area (Å²) in [5.41, 5.74) is 1.20. The lowest BCUT2D eigenvalue weighted by atomic mass is 10.2. The van der Waals surface area contributed by atoms with Crippen LogP contribution < -0.4 is 10.1 Å². The summed E-state index contributed by atoms with van der Waals surface area (Å²) >= 11 is 5.87. The van der Waals surface area contributed by atoms with Crippen LogP contribution in [0.1, 0.15) is 11.3 Å². The first kappa shape index (κ1) is 18.7. The molecule has 2 aromatic carbocycles. The first-order chi connectivity index (χ1) is 14.0. The number of nitrogens with zero attached hydrogens (tertiary/aromatic N) is 3. The van der Waals surface area contributed by atoms with Gasteiger partial charge in [0.05, 0.1) is 5.52 Å². The average molecular weight is 412 g/mol. The van der Waals surface area contributed by atoms with Crippen LogP contribution in [0.3, 0.4) is 0 Å². The van der Waals surface area contributed by atoms with E-state index in [9.17, 15) is 14.0 Å². The van der Waals surface area contributed by atoms with Gasteiger partial charge in [0, 0.05) is 27.9 Å². The van der Waals surface area contributed by atoms with Crippen LogP contribution in [0.15, 0.2) is 42.7 Å². The molecule has 0 spiro atoms. The number of nitrogens with one attached hydrogen (secondary N) is 2. The van der Waals surface area contributed by atoms with E-state index in [2.05, 4.69) is 20.3 Å². The average Bonchev–Trinajstić information content (AvgIpc) is 3.10. The minimum Gasteiger partial charge on any atom is -0.434 e. The van der Waals surface area contributed by atoms with Crippen LogP contribution in [0.4, 0.5) is 20.3 Å². The number of halogens is 3. The second kappa shape index (κ2) is 7.37. The zero-order valence-electron chi connectivity index (χ0n) is 14.9. The summed E-state index contributed by atoms with van der Waals surface area (Å²) in [4.78, 5) is 10.7. The smallest absolute Gasteiger partial charge is 0.242 e. The molecule has 0 unspecified atom stereocenters. The molecule has 0 saturated carbocycles. The quantitative estimate of drug-likeness (QED) is 0.456. The maximum Gasteiger partial charge on any atom is 0.242 e. The molecule has 0 aliphatic rings. The van der Waals surface area contributed by atoms with Gasteiger partial charge in [0.25, 0.3) is 0 Å². The largest absolute Gasteiger partial charge is 0.434 e. The van der Waals surface area contributed by atoms with Gasteiger partial charge in [-0.2, -0.15) is 5.26 Å². The van der Waals surface area contributed by atoms with Crippen LogP contribution in [-0.4, -0.2) is 15.0 Å².